The second-order valence-electron chi connectivity index (χ2n) is 5.15. The van der Waals surface area contributed by atoms with Crippen LogP contribution in [0.5, 0.6) is 5.75 Å². The third kappa shape index (κ3) is 3.73. The molecule has 0 saturated carbocycles. The van der Waals surface area contributed by atoms with Crippen molar-refractivity contribution >= 4 is 18.1 Å². The van der Waals surface area contributed by atoms with Gasteiger partial charge in [-0.3, -0.25) is 4.79 Å². The van der Waals surface area contributed by atoms with E-state index in [9.17, 15) is 14.7 Å². The lowest BCUT2D eigenvalue weighted by molar-refractivity contribution is -0.139. The van der Waals surface area contributed by atoms with Crippen LogP contribution < -0.4 is 9.64 Å². The molecule has 1 unspecified atom stereocenters. The van der Waals surface area contributed by atoms with Crippen molar-refractivity contribution in [3.8, 4) is 5.75 Å². The minimum Gasteiger partial charge on any atom is -0.496 e. The van der Waals surface area contributed by atoms with Crippen molar-refractivity contribution in [2.75, 3.05) is 12.0 Å². The van der Waals surface area contributed by atoms with Crippen molar-refractivity contribution in [3.05, 3.63) is 23.8 Å². The lowest BCUT2D eigenvalue weighted by atomic mass is 10.0. The number of hydrogen-bond donors (Lipinski definition) is 1. The molecule has 0 aromatic heterocycles. The minimum atomic E-state index is -1.01. The van der Waals surface area contributed by atoms with Crippen LogP contribution in [-0.4, -0.2) is 30.6 Å². The van der Waals surface area contributed by atoms with Crippen molar-refractivity contribution in [2.24, 2.45) is 5.92 Å². The molecule has 0 radical (unpaired) electrons. The van der Waals surface area contributed by atoms with E-state index in [0.29, 0.717) is 24.3 Å². The van der Waals surface area contributed by atoms with Gasteiger partial charge in [0.15, 0.2) is 0 Å². The first kappa shape index (κ1) is 16.0. The molecule has 0 aliphatic carbocycles. The number of carboxylic acid groups (broad SMARTS) is 1. The highest BCUT2D eigenvalue weighted by atomic mass is 16.5. The molecular formula is C15H21NO4. The van der Waals surface area contributed by atoms with Gasteiger partial charge in [0, 0.05) is 11.8 Å². The van der Waals surface area contributed by atoms with E-state index < -0.39 is 12.0 Å². The molecule has 0 bridgehead atoms. The number of carbonyl (C=O) groups is 2. The molecule has 20 heavy (non-hydrogen) atoms. The first-order valence-electron chi connectivity index (χ1n) is 6.51. The van der Waals surface area contributed by atoms with Crippen LogP contribution in [0.3, 0.4) is 0 Å². The van der Waals surface area contributed by atoms with E-state index in [-0.39, 0.29) is 5.92 Å². The number of aryl methyl sites for hydroxylation is 1. The molecule has 1 rings (SSSR count). The smallest absolute Gasteiger partial charge is 0.326 e. The number of anilines is 1. The molecule has 1 aromatic rings. The molecular weight excluding hydrogens is 258 g/mol. The number of ether oxygens (including phenoxy) is 1. The summed E-state index contributed by atoms with van der Waals surface area (Å²) in [7, 11) is 1.54. The van der Waals surface area contributed by atoms with Gasteiger partial charge in [0.1, 0.15) is 11.8 Å². The first-order valence-corrected chi connectivity index (χ1v) is 6.51. The zero-order valence-corrected chi connectivity index (χ0v) is 12.3. The molecule has 5 heteroatoms. The highest BCUT2D eigenvalue weighted by Gasteiger charge is 2.27. The van der Waals surface area contributed by atoms with Gasteiger partial charge < -0.3 is 14.7 Å². The summed E-state index contributed by atoms with van der Waals surface area (Å²) in [6, 6.07) is 4.33. The van der Waals surface area contributed by atoms with Gasteiger partial charge in [-0.1, -0.05) is 19.9 Å². The van der Waals surface area contributed by atoms with E-state index in [4.69, 9.17) is 4.74 Å². The Morgan fingerprint density at radius 3 is 2.55 bits per heavy atom. The molecule has 0 saturated heterocycles. The van der Waals surface area contributed by atoms with E-state index in [0.717, 1.165) is 5.56 Å². The largest absolute Gasteiger partial charge is 0.496 e. The van der Waals surface area contributed by atoms with Crippen LogP contribution >= 0.6 is 0 Å². The lowest BCUT2D eigenvalue weighted by Gasteiger charge is -2.26. The van der Waals surface area contributed by atoms with Gasteiger partial charge in [-0.05, 0) is 30.9 Å². The highest BCUT2D eigenvalue weighted by Crippen LogP contribution is 2.27. The Balaban J connectivity index is 3.15. The van der Waals surface area contributed by atoms with Crippen LogP contribution in [0.4, 0.5) is 5.69 Å². The van der Waals surface area contributed by atoms with Gasteiger partial charge in [-0.25, -0.2) is 4.79 Å². The molecule has 5 nitrogen and oxygen atoms in total. The maximum Gasteiger partial charge on any atom is 0.326 e. The van der Waals surface area contributed by atoms with E-state index in [1.54, 1.807) is 25.3 Å². The summed E-state index contributed by atoms with van der Waals surface area (Å²) >= 11 is 0. The fraction of sp³-hybridized carbons (Fsp3) is 0.467. The number of rotatable bonds is 7. The summed E-state index contributed by atoms with van der Waals surface area (Å²) in [6.45, 7) is 5.74. The Morgan fingerprint density at radius 1 is 1.45 bits per heavy atom. The van der Waals surface area contributed by atoms with Crippen LogP contribution in [0.2, 0.25) is 0 Å². The molecule has 0 aliphatic rings. The zero-order chi connectivity index (χ0) is 15.3. The quantitative estimate of drug-likeness (QED) is 0.779. The lowest BCUT2D eigenvalue weighted by Crippen LogP contribution is -2.41. The van der Waals surface area contributed by atoms with E-state index >= 15 is 0 Å². The number of amides is 1. The summed E-state index contributed by atoms with van der Waals surface area (Å²) in [5.74, 6) is -0.209. The summed E-state index contributed by atoms with van der Waals surface area (Å²) < 4.78 is 5.21. The van der Waals surface area contributed by atoms with Crippen LogP contribution in [0.15, 0.2) is 18.2 Å². The predicted molar refractivity (Wildman–Crippen MR) is 77.2 cm³/mol. The molecule has 0 heterocycles. The minimum absolute atomic E-state index is 0.172. The number of carbonyl (C=O) groups excluding carboxylic acids is 1. The predicted octanol–water partition coefficient (Wildman–Crippen LogP) is 2.47. The summed E-state index contributed by atoms with van der Waals surface area (Å²) in [6.07, 6.45) is 0.954. The number of hydrogen-bond acceptors (Lipinski definition) is 3. The van der Waals surface area contributed by atoms with Gasteiger partial charge in [-0.2, -0.15) is 0 Å². The molecule has 1 aromatic carbocycles. The van der Waals surface area contributed by atoms with Gasteiger partial charge in [0.05, 0.1) is 7.11 Å². The fourth-order valence-electron chi connectivity index (χ4n) is 2.06. The highest BCUT2D eigenvalue weighted by molar-refractivity contribution is 5.88. The van der Waals surface area contributed by atoms with Crippen LogP contribution in [0.25, 0.3) is 0 Å². The third-order valence-electron chi connectivity index (χ3n) is 3.12. The number of methoxy groups -OCH3 is 1. The van der Waals surface area contributed by atoms with E-state index in [2.05, 4.69) is 0 Å². The topological polar surface area (TPSA) is 66.8 Å². The first-order chi connectivity index (χ1) is 9.40. The molecule has 1 atom stereocenters. The van der Waals surface area contributed by atoms with Crippen LogP contribution in [0.1, 0.15) is 25.8 Å². The Labute approximate surface area is 119 Å². The Bertz CT molecular complexity index is 485. The van der Waals surface area contributed by atoms with Crippen LogP contribution in [-0.2, 0) is 9.59 Å². The van der Waals surface area contributed by atoms with Crippen molar-refractivity contribution in [1.82, 2.24) is 0 Å². The third-order valence-corrected chi connectivity index (χ3v) is 3.12. The SMILES string of the molecule is COc1cc(N(C=O)C(CC(C)C)C(=O)O)ccc1C. The van der Waals surface area contributed by atoms with E-state index in [1.807, 2.05) is 20.8 Å². The van der Waals surface area contributed by atoms with Crippen molar-refractivity contribution < 1.29 is 19.4 Å². The average Bonchev–Trinajstić information content (AvgIpc) is 2.39. The maximum absolute atomic E-state index is 11.4. The van der Waals surface area contributed by atoms with Gasteiger partial charge in [0.2, 0.25) is 6.41 Å². The molecule has 0 fully saturated rings. The summed E-state index contributed by atoms with van der Waals surface area (Å²) in [5.41, 5.74) is 1.45. The second-order valence-corrected chi connectivity index (χ2v) is 5.15. The average molecular weight is 279 g/mol. The molecule has 1 N–H and O–H groups in total. The second kappa shape index (κ2) is 6.93. The monoisotopic (exact) mass is 279 g/mol. The molecule has 0 spiro atoms. The molecule has 0 aliphatic heterocycles. The van der Waals surface area contributed by atoms with Crippen molar-refractivity contribution in [2.45, 2.75) is 33.2 Å². The normalized spacial score (nSPS) is 12.1. The standard InChI is InChI=1S/C15H21NO4/c1-10(2)7-13(15(18)19)16(9-17)12-6-5-11(3)14(8-12)20-4/h5-6,8-10,13H,7H2,1-4H3,(H,18,19). The summed E-state index contributed by atoms with van der Waals surface area (Å²) in [5, 5.41) is 9.33. The fourth-order valence-corrected chi connectivity index (χ4v) is 2.06. The maximum atomic E-state index is 11.4. The molecule has 110 valence electrons. The van der Waals surface area contributed by atoms with Crippen LogP contribution in [0, 0.1) is 12.8 Å². The Kier molecular flexibility index (Phi) is 5.55. The molecule has 1 amide bonds. The van der Waals surface area contributed by atoms with E-state index in [1.165, 1.54) is 4.90 Å². The van der Waals surface area contributed by atoms with Gasteiger partial charge in [0.25, 0.3) is 0 Å². The number of benzene rings is 1. The number of aliphatic carboxylic acids is 1. The summed E-state index contributed by atoms with van der Waals surface area (Å²) in [4.78, 5) is 24.0. The Morgan fingerprint density at radius 2 is 2.10 bits per heavy atom. The van der Waals surface area contributed by atoms with Gasteiger partial charge >= 0.3 is 5.97 Å². The van der Waals surface area contributed by atoms with Crippen molar-refractivity contribution in [3.63, 3.8) is 0 Å². The van der Waals surface area contributed by atoms with Crippen molar-refractivity contribution in [1.29, 1.82) is 0 Å². The number of carboxylic acids is 1. The zero-order valence-electron chi connectivity index (χ0n) is 12.3. The number of nitrogens with zero attached hydrogens (tertiary/aromatic N) is 1. The van der Waals surface area contributed by atoms with Gasteiger partial charge in [-0.15, -0.1) is 0 Å². The Hall–Kier alpha value is -2.04.